The lowest BCUT2D eigenvalue weighted by molar-refractivity contribution is -0.155. The fourth-order valence-electron chi connectivity index (χ4n) is 8.04. The first kappa shape index (κ1) is 18.5. The highest BCUT2D eigenvalue weighted by Crippen LogP contribution is 2.67. The van der Waals surface area contributed by atoms with Crippen LogP contribution in [-0.2, 0) is 9.59 Å². The molecule has 4 aliphatic carbocycles. The number of carboxylic acids is 1. The Balaban J connectivity index is 1.54. The van der Waals surface area contributed by atoms with Gasteiger partial charge < -0.3 is 5.11 Å². The van der Waals surface area contributed by atoms with Crippen molar-refractivity contribution in [3.05, 3.63) is 0 Å². The number of carbonyl (C=O) groups is 2. The molecule has 4 saturated carbocycles. The summed E-state index contributed by atoms with van der Waals surface area (Å²) in [5.41, 5.74) is 0.673. The summed E-state index contributed by atoms with van der Waals surface area (Å²) >= 11 is 0. The van der Waals surface area contributed by atoms with E-state index in [0.717, 1.165) is 19.3 Å². The van der Waals surface area contributed by atoms with Crippen molar-refractivity contribution in [2.75, 3.05) is 0 Å². The first-order valence-electron chi connectivity index (χ1n) is 11.1. The number of rotatable bonds is 4. The van der Waals surface area contributed by atoms with Gasteiger partial charge in [-0.25, -0.2) is 0 Å². The fraction of sp³-hybridized carbons (Fsp3) is 0.913. The molecule has 0 aromatic carbocycles. The van der Waals surface area contributed by atoms with Gasteiger partial charge in [0.05, 0.1) is 0 Å². The Morgan fingerprint density at radius 1 is 1.04 bits per heavy atom. The fourth-order valence-corrected chi connectivity index (χ4v) is 8.04. The molecule has 0 radical (unpaired) electrons. The minimum atomic E-state index is -0.674. The standard InChI is InChI=1S/C23H36O3/c1-22-12-4-3-6-16(22)14-19(24)21-17-10-9-15(7-5-8-20(25)26)23(17,2)13-11-18(21)22/h15-18,21H,3-14H2,1-2H3,(H,25,26)/t15?,16-,17?,18?,21-,22-,23+/m0/s1. The average molecular weight is 361 g/mol. The van der Waals surface area contributed by atoms with Crippen LogP contribution in [0.1, 0.15) is 90.9 Å². The van der Waals surface area contributed by atoms with E-state index in [1.165, 1.54) is 51.4 Å². The smallest absolute Gasteiger partial charge is 0.303 e. The molecular formula is C23H36O3. The molecule has 146 valence electrons. The third kappa shape index (κ3) is 2.76. The van der Waals surface area contributed by atoms with Crippen LogP contribution in [0.4, 0.5) is 0 Å². The molecule has 3 nitrogen and oxygen atoms in total. The van der Waals surface area contributed by atoms with E-state index < -0.39 is 5.97 Å². The number of hydrogen-bond acceptors (Lipinski definition) is 2. The van der Waals surface area contributed by atoms with Gasteiger partial charge in [-0.3, -0.25) is 9.59 Å². The summed E-state index contributed by atoms with van der Waals surface area (Å²) < 4.78 is 0. The zero-order valence-electron chi connectivity index (χ0n) is 16.6. The van der Waals surface area contributed by atoms with E-state index in [0.29, 0.717) is 47.2 Å². The van der Waals surface area contributed by atoms with Gasteiger partial charge in [0.2, 0.25) is 0 Å². The lowest BCUT2D eigenvalue weighted by Gasteiger charge is -2.59. The zero-order valence-corrected chi connectivity index (χ0v) is 16.6. The Morgan fingerprint density at radius 3 is 2.58 bits per heavy atom. The second-order valence-corrected chi connectivity index (χ2v) is 10.5. The highest BCUT2D eigenvalue weighted by atomic mass is 16.4. The van der Waals surface area contributed by atoms with Gasteiger partial charge in [-0.05, 0) is 85.9 Å². The number of ketones is 1. The molecule has 7 atom stereocenters. The maximum Gasteiger partial charge on any atom is 0.303 e. The van der Waals surface area contributed by atoms with Crippen molar-refractivity contribution in [1.29, 1.82) is 0 Å². The molecule has 26 heavy (non-hydrogen) atoms. The zero-order chi connectivity index (χ0) is 18.5. The van der Waals surface area contributed by atoms with Crippen molar-refractivity contribution in [3.8, 4) is 0 Å². The van der Waals surface area contributed by atoms with Crippen molar-refractivity contribution in [2.24, 2.45) is 40.4 Å². The van der Waals surface area contributed by atoms with E-state index in [2.05, 4.69) is 13.8 Å². The van der Waals surface area contributed by atoms with Crippen molar-refractivity contribution in [1.82, 2.24) is 0 Å². The van der Waals surface area contributed by atoms with Gasteiger partial charge in [-0.1, -0.05) is 26.7 Å². The third-order valence-electron chi connectivity index (χ3n) is 9.53. The van der Waals surface area contributed by atoms with Crippen molar-refractivity contribution in [3.63, 3.8) is 0 Å². The van der Waals surface area contributed by atoms with Crippen LogP contribution in [0.5, 0.6) is 0 Å². The Hall–Kier alpha value is -0.860. The number of carbonyl (C=O) groups excluding carboxylic acids is 1. The molecule has 4 rings (SSSR count). The highest BCUT2D eigenvalue weighted by Gasteiger charge is 2.61. The summed E-state index contributed by atoms with van der Waals surface area (Å²) in [6.45, 7) is 4.96. The van der Waals surface area contributed by atoms with Crippen LogP contribution in [0.25, 0.3) is 0 Å². The van der Waals surface area contributed by atoms with Crippen LogP contribution in [0.15, 0.2) is 0 Å². The molecule has 3 heteroatoms. The number of aliphatic carboxylic acids is 1. The van der Waals surface area contributed by atoms with Gasteiger partial charge in [-0.2, -0.15) is 0 Å². The summed E-state index contributed by atoms with van der Waals surface area (Å²) in [4.78, 5) is 24.1. The van der Waals surface area contributed by atoms with Crippen molar-refractivity contribution >= 4 is 11.8 Å². The van der Waals surface area contributed by atoms with Crippen LogP contribution in [-0.4, -0.2) is 16.9 Å². The van der Waals surface area contributed by atoms with Gasteiger partial charge in [0.15, 0.2) is 0 Å². The van der Waals surface area contributed by atoms with Gasteiger partial charge >= 0.3 is 5.97 Å². The quantitative estimate of drug-likeness (QED) is 0.723. The second kappa shape index (κ2) is 6.63. The van der Waals surface area contributed by atoms with E-state index in [1.807, 2.05) is 0 Å². The van der Waals surface area contributed by atoms with Gasteiger partial charge in [0, 0.05) is 18.8 Å². The molecule has 0 spiro atoms. The van der Waals surface area contributed by atoms with Crippen molar-refractivity contribution in [2.45, 2.75) is 90.9 Å². The molecule has 0 saturated heterocycles. The van der Waals surface area contributed by atoms with Crippen LogP contribution in [0.3, 0.4) is 0 Å². The van der Waals surface area contributed by atoms with Crippen molar-refractivity contribution < 1.29 is 14.7 Å². The van der Waals surface area contributed by atoms with E-state index in [1.54, 1.807) is 0 Å². The summed E-state index contributed by atoms with van der Waals surface area (Å²) in [7, 11) is 0. The monoisotopic (exact) mass is 360 g/mol. The highest BCUT2D eigenvalue weighted by molar-refractivity contribution is 5.83. The van der Waals surface area contributed by atoms with E-state index in [9.17, 15) is 9.59 Å². The molecular weight excluding hydrogens is 324 g/mol. The predicted octanol–water partition coefficient (Wildman–Crippen LogP) is 5.47. The molecule has 3 unspecified atom stereocenters. The molecule has 1 N–H and O–H groups in total. The predicted molar refractivity (Wildman–Crippen MR) is 102 cm³/mol. The number of carboxylic acid groups (broad SMARTS) is 1. The van der Waals surface area contributed by atoms with Gasteiger partial charge in [0.1, 0.15) is 5.78 Å². The van der Waals surface area contributed by atoms with Gasteiger partial charge in [0.25, 0.3) is 0 Å². The minimum absolute atomic E-state index is 0.271. The number of fused-ring (bicyclic) bond motifs is 5. The van der Waals surface area contributed by atoms with Crippen LogP contribution in [0.2, 0.25) is 0 Å². The summed E-state index contributed by atoms with van der Waals surface area (Å²) in [5, 5.41) is 8.97. The topological polar surface area (TPSA) is 54.4 Å². The molecule has 0 aromatic heterocycles. The van der Waals surface area contributed by atoms with Crippen LogP contribution < -0.4 is 0 Å². The summed E-state index contributed by atoms with van der Waals surface area (Å²) in [5.74, 6) is 2.65. The third-order valence-corrected chi connectivity index (χ3v) is 9.53. The Bertz CT molecular complexity index is 584. The van der Waals surface area contributed by atoms with Gasteiger partial charge in [-0.15, -0.1) is 0 Å². The summed E-state index contributed by atoms with van der Waals surface area (Å²) in [6, 6.07) is 0. The lowest BCUT2D eigenvalue weighted by atomic mass is 9.44. The maximum atomic E-state index is 13.2. The summed E-state index contributed by atoms with van der Waals surface area (Å²) in [6.07, 6.45) is 13.1. The number of hydrogen-bond donors (Lipinski definition) is 1. The van der Waals surface area contributed by atoms with E-state index >= 15 is 0 Å². The Kier molecular flexibility index (Phi) is 4.72. The normalized spacial score (nSPS) is 47.8. The molecule has 0 aromatic rings. The average Bonchev–Trinajstić information content (AvgIpc) is 2.92. The van der Waals surface area contributed by atoms with Crippen LogP contribution >= 0.6 is 0 Å². The first-order valence-corrected chi connectivity index (χ1v) is 11.1. The molecule has 4 fully saturated rings. The maximum absolute atomic E-state index is 13.2. The number of Topliss-reactive ketones (excluding diaryl/α,β-unsaturated/α-hetero) is 1. The largest absolute Gasteiger partial charge is 0.481 e. The molecule has 0 amide bonds. The first-order chi connectivity index (χ1) is 12.4. The molecule has 0 bridgehead atoms. The molecule has 0 heterocycles. The van der Waals surface area contributed by atoms with E-state index in [4.69, 9.17) is 5.11 Å². The Labute approximate surface area is 158 Å². The SMILES string of the molecule is C[C@]12CCC3[C@@H](C(=O)C[C@@H]4CCCC[C@]34C)C1CCC2CCCC(=O)O. The molecule has 0 aliphatic heterocycles. The molecule has 4 aliphatic rings. The Morgan fingerprint density at radius 2 is 1.81 bits per heavy atom. The van der Waals surface area contributed by atoms with Crippen LogP contribution in [0, 0.1) is 40.4 Å². The minimum Gasteiger partial charge on any atom is -0.481 e. The second-order valence-electron chi connectivity index (χ2n) is 10.5. The van der Waals surface area contributed by atoms with E-state index in [-0.39, 0.29) is 5.41 Å². The lowest BCUT2D eigenvalue weighted by Crippen LogP contribution is -2.56.